The van der Waals surface area contributed by atoms with Crippen LogP contribution in [0, 0.1) is 23.7 Å². The molecule has 1 aliphatic heterocycles. The second-order valence-corrected chi connectivity index (χ2v) is 30.1. The van der Waals surface area contributed by atoms with Crippen molar-refractivity contribution in [2.24, 2.45) is 29.4 Å². The van der Waals surface area contributed by atoms with Crippen LogP contribution in [0.1, 0.15) is 158 Å². The number of carbonyl (C=O) groups is 13. The molecule has 27 heteroatoms. The van der Waals surface area contributed by atoms with E-state index in [1.165, 1.54) is 75.7 Å². The summed E-state index contributed by atoms with van der Waals surface area (Å²) in [5.74, 6) is -10.1. The minimum absolute atomic E-state index is 0.0113. The van der Waals surface area contributed by atoms with Crippen molar-refractivity contribution in [3.63, 3.8) is 0 Å². The molecule has 0 saturated carbocycles. The number of hydrogen-bond acceptors (Lipinski definition) is 14. The number of aliphatic hydroxyl groups is 1. The van der Waals surface area contributed by atoms with Gasteiger partial charge in [0.15, 0.2) is 0 Å². The molecule has 1 heterocycles. The van der Waals surface area contributed by atoms with Gasteiger partial charge in [-0.05, 0) is 106 Å². The van der Waals surface area contributed by atoms with Gasteiger partial charge in [-0.1, -0.05) is 153 Å². The number of rotatable bonds is 40. The van der Waals surface area contributed by atoms with Crippen molar-refractivity contribution in [1.82, 2.24) is 60.9 Å². The number of benzene rings is 3. The van der Waals surface area contributed by atoms with Crippen LogP contribution in [0.25, 0.3) is 0 Å². The fourth-order valence-electron chi connectivity index (χ4n) is 13.1. The van der Waals surface area contributed by atoms with Crippen LogP contribution in [-0.2, 0) is 81.6 Å². The first kappa shape index (κ1) is 89.1. The number of hydrogen-bond donors (Lipinski definition) is 7. The molecule has 4 rings (SSSR count). The van der Waals surface area contributed by atoms with Gasteiger partial charge in [0.1, 0.15) is 66.5 Å². The molecule has 586 valence electrons. The third kappa shape index (κ3) is 26.6. The lowest BCUT2D eigenvalue weighted by Crippen LogP contribution is -2.61. The molecule has 0 bridgehead atoms. The predicted molar refractivity (Wildman–Crippen MR) is 405 cm³/mol. The van der Waals surface area contributed by atoms with Crippen molar-refractivity contribution in [3.8, 4) is 0 Å². The van der Waals surface area contributed by atoms with E-state index in [4.69, 9.17) is 5.73 Å². The Kier molecular flexibility index (Phi) is 36.0. The van der Waals surface area contributed by atoms with E-state index in [2.05, 4.69) is 26.6 Å². The van der Waals surface area contributed by atoms with Gasteiger partial charge in [-0.3, -0.25) is 62.3 Å². The summed E-state index contributed by atoms with van der Waals surface area (Å²) in [5, 5.41) is 24.0. The van der Waals surface area contributed by atoms with E-state index < -0.39 is 144 Å². The van der Waals surface area contributed by atoms with E-state index in [1.807, 2.05) is 85.7 Å². The van der Waals surface area contributed by atoms with Crippen LogP contribution in [-0.4, -0.2) is 244 Å². The molecule has 106 heavy (non-hydrogen) atoms. The summed E-state index contributed by atoms with van der Waals surface area (Å²) in [6, 6.07) is 12.3. The van der Waals surface area contributed by atoms with Gasteiger partial charge in [0, 0.05) is 81.1 Å². The Balaban J connectivity index is 1.82. The monoisotopic (exact) mass is 1480 g/mol. The first-order chi connectivity index (χ1) is 49.8. The van der Waals surface area contributed by atoms with E-state index in [0.717, 1.165) is 34.6 Å². The highest BCUT2D eigenvalue weighted by Gasteiger charge is 2.43. The van der Waals surface area contributed by atoms with Crippen molar-refractivity contribution in [1.29, 1.82) is 0 Å². The Morgan fingerprint density at radius 1 is 0.406 bits per heavy atom. The molecule has 0 spiro atoms. The van der Waals surface area contributed by atoms with Crippen molar-refractivity contribution in [2.75, 3.05) is 55.4 Å². The average molecular weight is 1480 g/mol. The van der Waals surface area contributed by atoms with Crippen LogP contribution in [0.15, 0.2) is 91.0 Å². The summed E-state index contributed by atoms with van der Waals surface area (Å²) in [5.41, 5.74) is 7.52. The molecule has 1 saturated heterocycles. The minimum atomic E-state index is -1.82. The largest absolute Gasteiger partial charge is 0.391 e. The van der Waals surface area contributed by atoms with E-state index in [9.17, 15) is 38.7 Å². The zero-order valence-electron chi connectivity index (χ0n) is 65.8. The molecule has 12 atom stereocenters. The topological polar surface area (TPSA) is 351 Å². The molecule has 0 radical (unpaired) electrons. The smallest absolute Gasteiger partial charge is 0.246 e. The maximum absolute atomic E-state index is 15.7. The van der Waals surface area contributed by atoms with Crippen LogP contribution < -0.4 is 32.3 Å². The van der Waals surface area contributed by atoms with E-state index >= 15 is 28.8 Å². The van der Waals surface area contributed by atoms with Crippen molar-refractivity contribution in [2.45, 2.75) is 233 Å². The number of nitrogens with two attached hydrogens (primary N) is 1. The number of aliphatic hydroxyl groups excluding tert-OH is 1. The summed E-state index contributed by atoms with van der Waals surface area (Å²) in [7, 11) is 8.39. The molecule has 0 unspecified atom stereocenters. The predicted octanol–water partition coefficient (Wildman–Crippen LogP) is 4.00. The zero-order valence-corrected chi connectivity index (χ0v) is 65.8. The Labute approximate surface area is 627 Å². The molecule has 0 aliphatic carbocycles. The fraction of sp³-hybridized carbons (Fsp3) is 0.608. The number of carbonyl (C=O) groups excluding carboxylic acids is 13. The minimum Gasteiger partial charge on any atom is -0.391 e. The van der Waals surface area contributed by atoms with E-state index in [0.29, 0.717) is 24.2 Å². The number of piperidine rings is 1. The quantitative estimate of drug-likeness (QED) is 0.0423. The molecule has 13 amide bonds. The Morgan fingerprint density at radius 2 is 0.783 bits per heavy atom. The van der Waals surface area contributed by atoms with Crippen molar-refractivity contribution >= 4 is 76.8 Å². The third-order valence-electron chi connectivity index (χ3n) is 19.6. The highest BCUT2D eigenvalue weighted by atomic mass is 16.3. The Bertz CT molecular complexity index is 3430. The second-order valence-electron chi connectivity index (χ2n) is 30.1. The highest BCUT2D eigenvalue weighted by molar-refractivity contribution is 6.00. The van der Waals surface area contributed by atoms with Gasteiger partial charge in [0.25, 0.3) is 0 Å². The van der Waals surface area contributed by atoms with Gasteiger partial charge < -0.3 is 71.7 Å². The SMILES string of the molecule is CCC(=O)N(C)[C@@H](Cc1ccccc1)C(=O)N[C@@H](Cc1ccccc1)C(=O)N(C)[C@@H](CC(C)C)C(=O)N[C@@H](CC(=O)N(C)[C@H](C)C(=O)N(C)[C@@H](CC(C)C)C(=O)N(C)[C@@H](CC(C)C)C(=O)N[C@@H](CC(C)C)C(=O)N[C@H](C(N)=O)[C@@H](C)O)C(=O)N(C)[C@@H](Cc1ccccc1)C(=O)N[C@@H](C)C(=O)N1CCCCC1. The summed E-state index contributed by atoms with van der Waals surface area (Å²) in [6.07, 6.45) is 0.715. The van der Waals surface area contributed by atoms with Gasteiger partial charge in [-0.2, -0.15) is 0 Å². The van der Waals surface area contributed by atoms with Crippen LogP contribution in [0.4, 0.5) is 0 Å². The number of nitrogens with one attached hydrogen (secondary N) is 5. The standard InChI is InChI=1S/C79H121N13O14/c1-19-66(94)87(14)63(45-56-34-26-21-27-35-56)74(101)83-59(44-55-32-24-20-25-33-55)77(104)88(15)61(41-49(4)5)73(100)84-60(78(105)89(16)64(46-57-36-28-22-29-37-57)71(98)81-52(10)75(102)92-38-30-23-31-39-92)47-67(95)86(13)53(11)76(103)91(18)65(43-51(8)9)79(106)90(17)62(42-50(6)7)72(99)82-58(40-48(2)3)70(97)85-68(54(12)93)69(80)96/h20-22,24-29,32-37,48-54,58-65,68,93H,19,23,30-31,38-47H2,1-18H3,(H2,80,96)(H,81,98)(H,82,99)(H,83,101)(H,84,100)(H,85,97)/t52-,53+,54+,58-,59-,60-,61-,62-,63-,64-,65-,68-/m0/s1. The van der Waals surface area contributed by atoms with E-state index in [-0.39, 0.29) is 86.9 Å². The number of amides is 13. The Hall–Kier alpha value is -9.27. The Morgan fingerprint density at radius 3 is 1.23 bits per heavy atom. The van der Waals surface area contributed by atoms with Gasteiger partial charge in [-0.15, -0.1) is 0 Å². The third-order valence-corrected chi connectivity index (χ3v) is 19.6. The molecular weight excluding hydrogens is 1350 g/mol. The van der Waals surface area contributed by atoms with Crippen molar-refractivity contribution in [3.05, 3.63) is 108 Å². The molecule has 27 nitrogen and oxygen atoms in total. The summed E-state index contributed by atoms with van der Waals surface area (Å²) < 4.78 is 0. The normalized spacial score (nSPS) is 15.7. The maximum atomic E-state index is 15.7. The van der Waals surface area contributed by atoms with Crippen LogP contribution >= 0.6 is 0 Å². The molecule has 8 N–H and O–H groups in total. The number of likely N-dealkylation sites (N-methyl/N-ethyl adjacent to an activating group) is 6. The van der Waals surface area contributed by atoms with Crippen LogP contribution in [0.5, 0.6) is 0 Å². The first-order valence-corrected chi connectivity index (χ1v) is 37.3. The molecule has 0 aromatic heterocycles. The summed E-state index contributed by atoms with van der Waals surface area (Å²) in [4.78, 5) is 198. The van der Waals surface area contributed by atoms with Gasteiger partial charge >= 0.3 is 0 Å². The second kappa shape index (κ2) is 42.8. The molecule has 3 aromatic rings. The maximum Gasteiger partial charge on any atom is 0.246 e. The zero-order chi connectivity index (χ0) is 79.6. The lowest BCUT2D eigenvalue weighted by molar-refractivity contribution is -0.152. The number of likely N-dealkylation sites (tertiary alicyclic amines) is 1. The lowest BCUT2D eigenvalue weighted by Gasteiger charge is -2.38. The molecule has 3 aromatic carbocycles. The van der Waals surface area contributed by atoms with Crippen molar-refractivity contribution < 1.29 is 67.4 Å². The molecule has 1 aliphatic rings. The first-order valence-electron chi connectivity index (χ1n) is 37.3. The molecular formula is C79H121N13O14. The van der Waals surface area contributed by atoms with Gasteiger partial charge in [0.05, 0.1) is 12.5 Å². The average Bonchev–Trinajstić information content (AvgIpc) is 0.815. The molecule has 1 fully saturated rings. The summed E-state index contributed by atoms with van der Waals surface area (Å²) in [6.45, 7) is 21.6. The fourth-order valence-corrected chi connectivity index (χ4v) is 13.1. The highest BCUT2D eigenvalue weighted by Crippen LogP contribution is 2.24. The van der Waals surface area contributed by atoms with Crippen LogP contribution in [0.2, 0.25) is 0 Å². The van der Waals surface area contributed by atoms with E-state index in [1.54, 1.807) is 79.4 Å². The van der Waals surface area contributed by atoms with Crippen LogP contribution in [0.3, 0.4) is 0 Å². The summed E-state index contributed by atoms with van der Waals surface area (Å²) >= 11 is 0. The number of primary amides is 1. The number of nitrogens with zero attached hydrogens (tertiary/aromatic N) is 7. The van der Waals surface area contributed by atoms with Gasteiger partial charge in [0.2, 0.25) is 76.8 Å². The van der Waals surface area contributed by atoms with Gasteiger partial charge in [-0.25, -0.2) is 0 Å². The lowest BCUT2D eigenvalue weighted by atomic mass is 9.96.